The van der Waals surface area contributed by atoms with Gasteiger partial charge in [0.1, 0.15) is 12.1 Å². The minimum Gasteiger partial charge on any atom is -0.497 e. The van der Waals surface area contributed by atoms with Crippen molar-refractivity contribution < 1.29 is 4.74 Å². The molecule has 6 heteroatoms. The van der Waals surface area contributed by atoms with Crippen LogP contribution in [0.4, 0.5) is 0 Å². The van der Waals surface area contributed by atoms with E-state index in [0.717, 1.165) is 28.9 Å². The minimum absolute atomic E-state index is 0.0305. The summed E-state index contributed by atoms with van der Waals surface area (Å²) in [5, 5.41) is 0.891. The summed E-state index contributed by atoms with van der Waals surface area (Å²) < 4.78 is 5.26. The first-order valence-electron chi connectivity index (χ1n) is 8.72. The van der Waals surface area contributed by atoms with Crippen molar-refractivity contribution in [2.45, 2.75) is 17.7 Å². The molecule has 4 rings (SSSR count). The maximum atomic E-state index is 6.16. The monoisotopic (exact) mass is 376 g/mol. The molecule has 2 heterocycles. The lowest BCUT2D eigenvalue weighted by molar-refractivity contribution is 0.414. The van der Waals surface area contributed by atoms with E-state index in [4.69, 9.17) is 15.5 Å². The standard InChI is InChI=1S/C21H20N4OS/c1-26-18-7-5-14(6-8-18)20-10-19(25-21(22)27-20)16-4-2-3-15(9-16)17-11-23-13-24-12-17/h2-9,11-13,19-20H,10H2,1H3,(H2,22,25). The van der Waals surface area contributed by atoms with E-state index in [2.05, 4.69) is 40.3 Å². The summed E-state index contributed by atoms with van der Waals surface area (Å²) in [6.45, 7) is 0. The quantitative estimate of drug-likeness (QED) is 0.731. The minimum atomic E-state index is 0.0305. The molecule has 2 aromatic carbocycles. The van der Waals surface area contributed by atoms with Gasteiger partial charge in [0, 0.05) is 23.2 Å². The molecule has 2 N–H and O–H groups in total. The van der Waals surface area contributed by atoms with Gasteiger partial charge in [-0.1, -0.05) is 42.1 Å². The van der Waals surface area contributed by atoms with Gasteiger partial charge in [0.05, 0.1) is 13.2 Å². The fourth-order valence-corrected chi connectivity index (χ4v) is 4.29. The number of nitrogens with zero attached hydrogens (tertiary/aromatic N) is 3. The molecule has 136 valence electrons. The fraction of sp³-hybridized carbons (Fsp3) is 0.190. The second-order valence-corrected chi connectivity index (χ2v) is 7.57. The number of methoxy groups -OCH3 is 1. The van der Waals surface area contributed by atoms with E-state index in [1.807, 2.05) is 30.6 Å². The SMILES string of the molecule is COc1ccc(C2CC(c3cccc(-c4cncnc4)c3)N=C(N)S2)cc1. The van der Waals surface area contributed by atoms with E-state index in [-0.39, 0.29) is 11.3 Å². The predicted octanol–water partition coefficient (Wildman–Crippen LogP) is 4.39. The summed E-state index contributed by atoms with van der Waals surface area (Å²) in [5.41, 5.74) is 10.6. The topological polar surface area (TPSA) is 73.4 Å². The molecule has 2 unspecified atom stereocenters. The molecule has 0 radical (unpaired) electrons. The first kappa shape index (κ1) is 17.5. The largest absolute Gasteiger partial charge is 0.497 e. The average Bonchev–Trinajstić information content (AvgIpc) is 2.74. The molecular weight excluding hydrogens is 356 g/mol. The maximum Gasteiger partial charge on any atom is 0.155 e. The molecular formula is C21H20N4OS. The van der Waals surface area contributed by atoms with Crippen molar-refractivity contribution in [3.63, 3.8) is 0 Å². The van der Waals surface area contributed by atoms with Gasteiger partial charge < -0.3 is 10.5 Å². The van der Waals surface area contributed by atoms with Gasteiger partial charge in [0.15, 0.2) is 5.17 Å². The zero-order chi connectivity index (χ0) is 18.6. The third-order valence-electron chi connectivity index (χ3n) is 4.64. The number of thioether (sulfide) groups is 1. The van der Waals surface area contributed by atoms with Crippen molar-refractivity contribution in [2.24, 2.45) is 10.7 Å². The van der Waals surface area contributed by atoms with Gasteiger partial charge >= 0.3 is 0 Å². The molecule has 0 spiro atoms. The maximum absolute atomic E-state index is 6.16. The third kappa shape index (κ3) is 3.95. The van der Waals surface area contributed by atoms with E-state index in [0.29, 0.717) is 5.17 Å². The molecule has 0 fully saturated rings. The lowest BCUT2D eigenvalue weighted by Crippen LogP contribution is -2.18. The van der Waals surface area contributed by atoms with Crippen LogP contribution >= 0.6 is 11.8 Å². The van der Waals surface area contributed by atoms with Gasteiger partial charge in [0.25, 0.3) is 0 Å². The molecule has 5 nitrogen and oxygen atoms in total. The molecule has 0 amide bonds. The Morgan fingerprint density at radius 2 is 1.78 bits per heavy atom. The van der Waals surface area contributed by atoms with Gasteiger partial charge in [0.2, 0.25) is 0 Å². The van der Waals surface area contributed by atoms with Crippen LogP contribution in [-0.2, 0) is 0 Å². The Morgan fingerprint density at radius 3 is 2.52 bits per heavy atom. The highest BCUT2D eigenvalue weighted by atomic mass is 32.2. The van der Waals surface area contributed by atoms with Crippen molar-refractivity contribution in [2.75, 3.05) is 7.11 Å². The smallest absolute Gasteiger partial charge is 0.155 e. The number of amidine groups is 1. The van der Waals surface area contributed by atoms with Crippen LogP contribution in [-0.4, -0.2) is 22.2 Å². The van der Waals surface area contributed by atoms with Crippen molar-refractivity contribution in [3.05, 3.63) is 78.4 Å². The number of aliphatic imine (C=N–C) groups is 1. The second kappa shape index (κ2) is 7.80. The van der Waals surface area contributed by atoms with E-state index >= 15 is 0 Å². The number of hydrogen-bond acceptors (Lipinski definition) is 6. The van der Waals surface area contributed by atoms with Gasteiger partial charge in [-0.25, -0.2) is 9.97 Å². The van der Waals surface area contributed by atoms with Gasteiger partial charge in [-0.15, -0.1) is 0 Å². The zero-order valence-corrected chi connectivity index (χ0v) is 15.8. The summed E-state index contributed by atoms with van der Waals surface area (Å²) >= 11 is 1.62. The molecule has 27 heavy (non-hydrogen) atoms. The number of aromatic nitrogens is 2. The van der Waals surface area contributed by atoms with Gasteiger partial charge in [-0.3, -0.25) is 4.99 Å². The molecule has 1 aliphatic rings. The van der Waals surface area contributed by atoms with Gasteiger partial charge in [-0.2, -0.15) is 0 Å². The predicted molar refractivity (Wildman–Crippen MR) is 110 cm³/mol. The van der Waals surface area contributed by atoms with E-state index in [1.54, 1.807) is 18.9 Å². The van der Waals surface area contributed by atoms with E-state index in [1.165, 1.54) is 11.9 Å². The molecule has 1 aromatic heterocycles. The highest BCUT2D eigenvalue weighted by Crippen LogP contribution is 2.43. The molecule has 0 saturated heterocycles. The Labute approximate surface area is 162 Å². The lowest BCUT2D eigenvalue weighted by Gasteiger charge is -2.26. The molecule has 1 aliphatic heterocycles. The Kier molecular flexibility index (Phi) is 5.07. The summed E-state index contributed by atoms with van der Waals surface area (Å²) in [4.78, 5) is 12.9. The van der Waals surface area contributed by atoms with Crippen LogP contribution < -0.4 is 10.5 Å². The van der Waals surface area contributed by atoms with Crippen molar-refractivity contribution in [1.82, 2.24) is 9.97 Å². The highest BCUT2D eigenvalue weighted by Gasteiger charge is 2.26. The van der Waals surface area contributed by atoms with Crippen LogP contribution in [0.15, 0.2) is 72.2 Å². The number of hydrogen-bond donors (Lipinski definition) is 1. The summed E-state index contributed by atoms with van der Waals surface area (Å²) in [7, 11) is 1.68. The average molecular weight is 376 g/mol. The Morgan fingerprint density at radius 1 is 1.00 bits per heavy atom. The van der Waals surface area contributed by atoms with Crippen LogP contribution in [0.2, 0.25) is 0 Å². The number of ether oxygens (including phenoxy) is 1. The Balaban J connectivity index is 1.61. The Hall–Kier alpha value is -2.86. The van der Waals surface area contributed by atoms with Crippen LogP contribution in [0.25, 0.3) is 11.1 Å². The van der Waals surface area contributed by atoms with Crippen LogP contribution in [0.3, 0.4) is 0 Å². The van der Waals surface area contributed by atoms with E-state index in [9.17, 15) is 0 Å². The number of rotatable bonds is 4. The second-order valence-electron chi connectivity index (χ2n) is 6.35. The van der Waals surface area contributed by atoms with E-state index < -0.39 is 0 Å². The third-order valence-corrected chi connectivity index (χ3v) is 5.73. The van der Waals surface area contributed by atoms with Crippen molar-refractivity contribution in [1.29, 1.82) is 0 Å². The van der Waals surface area contributed by atoms with Crippen LogP contribution in [0.5, 0.6) is 5.75 Å². The Bertz CT molecular complexity index is 944. The summed E-state index contributed by atoms with van der Waals surface area (Å²) in [6.07, 6.45) is 6.07. The normalized spacial score (nSPS) is 19.4. The molecule has 0 bridgehead atoms. The molecule has 3 aromatic rings. The summed E-state index contributed by atoms with van der Waals surface area (Å²) in [5.74, 6) is 0.857. The highest BCUT2D eigenvalue weighted by molar-refractivity contribution is 8.14. The van der Waals surface area contributed by atoms with Crippen LogP contribution in [0, 0.1) is 0 Å². The fourth-order valence-electron chi connectivity index (χ4n) is 3.24. The first-order valence-corrected chi connectivity index (χ1v) is 9.60. The number of benzene rings is 2. The first-order chi connectivity index (χ1) is 13.2. The zero-order valence-electron chi connectivity index (χ0n) is 14.9. The van der Waals surface area contributed by atoms with Crippen LogP contribution in [0.1, 0.15) is 28.8 Å². The molecule has 0 saturated carbocycles. The molecule has 0 aliphatic carbocycles. The van der Waals surface area contributed by atoms with Crippen molar-refractivity contribution >= 4 is 16.9 Å². The molecule has 2 atom stereocenters. The lowest BCUT2D eigenvalue weighted by atomic mass is 9.96. The van der Waals surface area contributed by atoms with Gasteiger partial charge in [-0.05, 0) is 41.3 Å². The summed E-state index contributed by atoms with van der Waals surface area (Å²) in [6, 6.07) is 16.6. The number of nitrogens with two attached hydrogens (primary N) is 1. The van der Waals surface area contributed by atoms with Crippen molar-refractivity contribution in [3.8, 4) is 16.9 Å².